The van der Waals surface area contributed by atoms with Crippen molar-refractivity contribution in [1.82, 2.24) is 0 Å². The summed E-state index contributed by atoms with van der Waals surface area (Å²) >= 11 is 0. The minimum absolute atomic E-state index is 0.341. The highest BCUT2D eigenvalue weighted by Crippen LogP contribution is 2.24. The molecule has 0 aliphatic carbocycles. The molecule has 0 spiro atoms. The van der Waals surface area contributed by atoms with Crippen LogP contribution in [0.5, 0.6) is 0 Å². The van der Waals surface area contributed by atoms with Crippen LogP contribution < -0.4 is 0 Å². The van der Waals surface area contributed by atoms with E-state index in [2.05, 4.69) is 6.58 Å². The van der Waals surface area contributed by atoms with Gasteiger partial charge in [0.15, 0.2) is 0 Å². The van der Waals surface area contributed by atoms with Crippen molar-refractivity contribution in [3.63, 3.8) is 0 Å². The van der Waals surface area contributed by atoms with Gasteiger partial charge in [0.25, 0.3) is 0 Å². The predicted molar refractivity (Wildman–Crippen MR) is 60.1 cm³/mol. The Hall–Kier alpha value is -0.160. The van der Waals surface area contributed by atoms with Gasteiger partial charge in [0.1, 0.15) is 0 Å². The van der Waals surface area contributed by atoms with Crippen LogP contribution in [0.4, 0.5) is 0 Å². The average molecular weight is 236 g/mol. The summed E-state index contributed by atoms with van der Waals surface area (Å²) in [5, 5.41) is 0. The van der Waals surface area contributed by atoms with E-state index in [1.54, 1.807) is 0 Å². The second-order valence-corrected chi connectivity index (χ2v) is 7.24. The number of hydrogen-bond acceptors (Lipinski definition) is 3. The van der Waals surface area contributed by atoms with Gasteiger partial charge in [-0.25, -0.2) is 0 Å². The average Bonchev–Trinajstić information content (AvgIpc) is 2.13. The molecule has 0 N–H and O–H groups in total. The van der Waals surface area contributed by atoms with E-state index in [0.29, 0.717) is 30.3 Å². The Morgan fingerprint density at radius 1 is 1.50 bits per heavy atom. The van der Waals surface area contributed by atoms with Crippen LogP contribution >= 0.6 is 0 Å². The molecule has 1 saturated heterocycles. The van der Waals surface area contributed by atoms with Crippen molar-refractivity contribution in [2.75, 3.05) is 23.9 Å². The van der Waals surface area contributed by atoms with Crippen molar-refractivity contribution in [2.45, 2.75) is 18.1 Å². The maximum atomic E-state index is 11.8. The fourth-order valence-corrected chi connectivity index (χ4v) is 5.48. The molecule has 0 bridgehead atoms. The zero-order chi connectivity index (χ0) is 10.6. The lowest BCUT2D eigenvalue weighted by Crippen LogP contribution is -2.44. The molecule has 3 nitrogen and oxygen atoms in total. The van der Waals surface area contributed by atoms with E-state index in [9.17, 15) is 8.42 Å². The normalized spacial score (nSPS) is 37.8. The summed E-state index contributed by atoms with van der Waals surface area (Å²) in [5.74, 6) is 1.65. The van der Waals surface area contributed by atoms with E-state index in [0.717, 1.165) is 0 Å². The van der Waals surface area contributed by atoms with E-state index in [4.69, 9.17) is 4.74 Å². The third-order valence-electron chi connectivity index (χ3n) is 2.38. The van der Waals surface area contributed by atoms with Gasteiger partial charge in [-0.15, -0.1) is 0 Å². The van der Waals surface area contributed by atoms with Gasteiger partial charge in [-0.3, -0.25) is 8.42 Å². The summed E-state index contributed by atoms with van der Waals surface area (Å²) in [5.41, 5.74) is 0. The molecule has 82 valence electrons. The molecular weight excluding hydrogens is 220 g/mol. The molecule has 1 fully saturated rings. The number of hydrogen-bond donors (Lipinski definition) is 0. The topological polar surface area (TPSA) is 43.4 Å². The van der Waals surface area contributed by atoms with Gasteiger partial charge in [0.05, 0.1) is 17.6 Å². The number of rotatable bonds is 4. The Morgan fingerprint density at radius 2 is 2.21 bits per heavy atom. The van der Waals surface area contributed by atoms with Gasteiger partial charge in [-0.2, -0.15) is 0 Å². The van der Waals surface area contributed by atoms with Crippen molar-refractivity contribution in [3.8, 4) is 0 Å². The Labute approximate surface area is 89.8 Å². The summed E-state index contributed by atoms with van der Waals surface area (Å²) in [6.45, 7) is 5.87. The predicted octanol–water partition coefficient (Wildman–Crippen LogP) is 0.806. The van der Waals surface area contributed by atoms with Crippen LogP contribution in [0.3, 0.4) is 0 Å². The second kappa shape index (κ2) is 5.07. The van der Waals surface area contributed by atoms with Crippen LogP contribution in [0.2, 0.25) is 0 Å². The second-order valence-electron chi connectivity index (χ2n) is 3.58. The first-order valence-electron chi connectivity index (χ1n) is 4.54. The lowest BCUT2D eigenvalue weighted by molar-refractivity contribution is 0.235. The molecule has 3 atom stereocenters. The maximum Gasteiger partial charge on any atom is 0.0887 e. The molecule has 0 aromatic heterocycles. The van der Waals surface area contributed by atoms with Crippen molar-refractivity contribution in [2.24, 2.45) is 0 Å². The van der Waals surface area contributed by atoms with Gasteiger partial charge in [-0.1, -0.05) is 6.58 Å². The molecule has 0 aromatic rings. The first-order chi connectivity index (χ1) is 6.58. The van der Waals surface area contributed by atoms with Crippen LogP contribution in [0, 0.1) is 0 Å². The van der Waals surface area contributed by atoms with E-state index < -0.39 is 21.6 Å². The molecule has 14 heavy (non-hydrogen) atoms. The van der Waals surface area contributed by atoms with E-state index in [1.807, 2.05) is 6.92 Å². The molecule has 0 saturated carbocycles. The molecule has 1 rings (SSSR count). The Bertz CT molecular complexity index is 265. The van der Waals surface area contributed by atoms with Crippen LogP contribution in [-0.4, -0.2) is 37.0 Å². The van der Waals surface area contributed by atoms with Gasteiger partial charge in [0, 0.05) is 38.9 Å². The van der Waals surface area contributed by atoms with Crippen LogP contribution in [0.15, 0.2) is 12.8 Å². The van der Waals surface area contributed by atoms with Crippen LogP contribution in [0.1, 0.15) is 13.3 Å². The smallest absolute Gasteiger partial charge is 0.0887 e. The Morgan fingerprint density at radius 3 is 2.86 bits per heavy atom. The third kappa shape index (κ3) is 2.92. The van der Waals surface area contributed by atoms with Crippen LogP contribution in [0.25, 0.3) is 0 Å². The van der Waals surface area contributed by atoms with Gasteiger partial charge in [0.2, 0.25) is 0 Å². The minimum atomic E-state index is -0.875. The number of ether oxygens (including phenoxy) is 1. The zero-order valence-electron chi connectivity index (χ0n) is 8.36. The standard InChI is InChI=1S/C9H16O3S2/c1-3-12-5-4-9(2)8-13(10)6-7-14(9)11/h3H,1,4-8H2,2H3. The quantitative estimate of drug-likeness (QED) is 0.536. The molecule has 0 aromatic carbocycles. The largest absolute Gasteiger partial charge is 0.502 e. The molecule has 1 aliphatic heterocycles. The molecule has 1 aliphatic rings. The SMILES string of the molecule is C=COCCC1(C)CS(=O)CCS1=O. The van der Waals surface area contributed by atoms with Crippen LogP contribution in [-0.2, 0) is 26.3 Å². The summed E-state index contributed by atoms with van der Waals surface area (Å²) in [6.07, 6.45) is 2.06. The fourth-order valence-electron chi connectivity index (χ4n) is 1.44. The first-order valence-corrected chi connectivity index (χ1v) is 7.35. The molecule has 0 radical (unpaired) electrons. The highest BCUT2D eigenvalue weighted by Gasteiger charge is 2.37. The van der Waals surface area contributed by atoms with Gasteiger partial charge < -0.3 is 4.74 Å². The van der Waals surface area contributed by atoms with Crippen molar-refractivity contribution in [3.05, 3.63) is 12.8 Å². The van der Waals surface area contributed by atoms with Gasteiger partial charge >= 0.3 is 0 Å². The monoisotopic (exact) mass is 236 g/mol. The summed E-state index contributed by atoms with van der Waals surface area (Å²) < 4.78 is 27.8. The molecule has 5 heteroatoms. The molecule has 0 amide bonds. The first kappa shape index (κ1) is 11.9. The van der Waals surface area contributed by atoms with E-state index >= 15 is 0 Å². The molecular formula is C9H16O3S2. The van der Waals surface area contributed by atoms with Gasteiger partial charge in [-0.05, 0) is 13.3 Å². The fraction of sp³-hybridized carbons (Fsp3) is 0.778. The summed E-state index contributed by atoms with van der Waals surface area (Å²) in [7, 11) is -1.69. The van der Waals surface area contributed by atoms with Crippen molar-refractivity contribution < 1.29 is 13.2 Å². The molecule has 1 heterocycles. The van der Waals surface area contributed by atoms with Crippen molar-refractivity contribution >= 4 is 21.6 Å². The highest BCUT2D eigenvalue weighted by atomic mass is 32.2. The van der Waals surface area contributed by atoms with Crippen molar-refractivity contribution in [1.29, 1.82) is 0 Å². The lowest BCUT2D eigenvalue weighted by Gasteiger charge is -2.31. The highest BCUT2D eigenvalue weighted by molar-refractivity contribution is 7.93. The summed E-state index contributed by atoms with van der Waals surface area (Å²) in [4.78, 5) is 0. The molecule has 3 unspecified atom stereocenters. The Balaban J connectivity index is 2.55. The van der Waals surface area contributed by atoms with E-state index in [1.165, 1.54) is 6.26 Å². The zero-order valence-corrected chi connectivity index (χ0v) is 9.99. The lowest BCUT2D eigenvalue weighted by atomic mass is 10.1. The summed E-state index contributed by atoms with van der Waals surface area (Å²) in [6, 6.07) is 0. The maximum absolute atomic E-state index is 11.8. The minimum Gasteiger partial charge on any atom is -0.502 e. The Kier molecular flexibility index (Phi) is 4.31. The third-order valence-corrected chi connectivity index (χ3v) is 6.46. The van der Waals surface area contributed by atoms with E-state index in [-0.39, 0.29) is 4.75 Å².